The zero-order valence-electron chi connectivity index (χ0n) is 14.6. The number of hydrogen-bond donors (Lipinski definition) is 3. The summed E-state index contributed by atoms with van der Waals surface area (Å²) in [6.07, 6.45) is 0. The van der Waals surface area contributed by atoms with Crippen molar-refractivity contribution in [1.82, 2.24) is 10.6 Å². The van der Waals surface area contributed by atoms with Crippen LogP contribution in [0.5, 0.6) is 0 Å². The van der Waals surface area contributed by atoms with Crippen LogP contribution in [0.15, 0.2) is 59.5 Å². The SMILES string of the molecule is CCNC(=O)NC(=O)[C@H](Sc1ccc(NC(C)=O)cc1)c1ccccc1. The number of rotatable bonds is 6. The van der Waals surface area contributed by atoms with E-state index in [0.717, 1.165) is 10.5 Å². The highest BCUT2D eigenvalue weighted by atomic mass is 32.2. The van der Waals surface area contributed by atoms with E-state index < -0.39 is 17.2 Å². The van der Waals surface area contributed by atoms with Crippen LogP contribution in [-0.2, 0) is 9.59 Å². The van der Waals surface area contributed by atoms with Gasteiger partial charge in [0, 0.05) is 24.1 Å². The Hall–Kier alpha value is -2.80. The summed E-state index contributed by atoms with van der Waals surface area (Å²) in [5.74, 6) is -0.535. The Morgan fingerprint density at radius 2 is 1.65 bits per heavy atom. The normalized spacial score (nSPS) is 11.3. The molecular formula is C19H21N3O3S. The molecule has 3 N–H and O–H groups in total. The van der Waals surface area contributed by atoms with Crippen LogP contribution < -0.4 is 16.0 Å². The summed E-state index contributed by atoms with van der Waals surface area (Å²) >= 11 is 1.33. The Morgan fingerprint density at radius 3 is 2.23 bits per heavy atom. The number of carbonyl (C=O) groups excluding carboxylic acids is 3. The van der Waals surface area contributed by atoms with Crippen molar-refractivity contribution in [3.8, 4) is 0 Å². The molecule has 0 radical (unpaired) electrons. The van der Waals surface area contributed by atoms with Gasteiger partial charge in [0.1, 0.15) is 5.25 Å². The maximum atomic E-state index is 12.6. The summed E-state index contributed by atoms with van der Waals surface area (Å²) in [5, 5.41) is 7.04. The maximum Gasteiger partial charge on any atom is 0.321 e. The fourth-order valence-electron chi connectivity index (χ4n) is 2.24. The van der Waals surface area contributed by atoms with Gasteiger partial charge in [-0.15, -0.1) is 11.8 Å². The molecule has 0 saturated carbocycles. The van der Waals surface area contributed by atoms with Gasteiger partial charge in [-0.25, -0.2) is 4.79 Å². The first-order valence-electron chi connectivity index (χ1n) is 8.17. The molecule has 1 atom stereocenters. The minimum absolute atomic E-state index is 0.145. The van der Waals surface area contributed by atoms with E-state index in [-0.39, 0.29) is 5.91 Å². The molecular weight excluding hydrogens is 350 g/mol. The monoisotopic (exact) mass is 371 g/mol. The first-order valence-corrected chi connectivity index (χ1v) is 9.05. The van der Waals surface area contributed by atoms with Gasteiger partial charge in [0.05, 0.1) is 0 Å². The lowest BCUT2D eigenvalue weighted by Crippen LogP contribution is -2.41. The molecule has 136 valence electrons. The van der Waals surface area contributed by atoms with E-state index in [4.69, 9.17) is 0 Å². The number of urea groups is 1. The summed E-state index contributed by atoms with van der Waals surface area (Å²) in [6, 6.07) is 15.9. The highest BCUT2D eigenvalue weighted by Gasteiger charge is 2.23. The number of imide groups is 1. The minimum atomic E-state index is -0.578. The second-order valence-corrected chi connectivity index (χ2v) is 6.64. The molecule has 0 heterocycles. The first kappa shape index (κ1) is 19.5. The number of benzene rings is 2. The predicted molar refractivity (Wildman–Crippen MR) is 103 cm³/mol. The molecule has 7 heteroatoms. The van der Waals surface area contributed by atoms with Gasteiger partial charge in [0.25, 0.3) is 0 Å². The summed E-state index contributed by atoms with van der Waals surface area (Å²) in [6.45, 7) is 3.66. The van der Waals surface area contributed by atoms with E-state index in [1.54, 1.807) is 19.1 Å². The fraction of sp³-hybridized carbons (Fsp3) is 0.211. The van der Waals surface area contributed by atoms with Crippen molar-refractivity contribution in [1.29, 1.82) is 0 Å². The number of amides is 4. The lowest BCUT2D eigenvalue weighted by molar-refractivity contribution is -0.119. The smallest absolute Gasteiger partial charge is 0.321 e. The van der Waals surface area contributed by atoms with Gasteiger partial charge in [-0.2, -0.15) is 0 Å². The van der Waals surface area contributed by atoms with Gasteiger partial charge in [0.2, 0.25) is 11.8 Å². The van der Waals surface area contributed by atoms with Crippen LogP contribution in [0.25, 0.3) is 0 Å². The zero-order chi connectivity index (χ0) is 18.9. The molecule has 0 bridgehead atoms. The quantitative estimate of drug-likeness (QED) is 0.680. The Morgan fingerprint density at radius 1 is 1.00 bits per heavy atom. The lowest BCUT2D eigenvalue weighted by atomic mass is 10.1. The van der Waals surface area contributed by atoms with E-state index in [0.29, 0.717) is 12.2 Å². The van der Waals surface area contributed by atoms with Crippen LogP contribution in [0, 0.1) is 0 Å². The fourth-order valence-corrected chi connectivity index (χ4v) is 3.26. The average Bonchev–Trinajstić information content (AvgIpc) is 2.61. The van der Waals surface area contributed by atoms with Crippen molar-refractivity contribution < 1.29 is 14.4 Å². The molecule has 0 unspecified atom stereocenters. The van der Waals surface area contributed by atoms with Crippen molar-refractivity contribution in [3.63, 3.8) is 0 Å². The highest BCUT2D eigenvalue weighted by molar-refractivity contribution is 8.00. The van der Waals surface area contributed by atoms with Gasteiger partial charge in [-0.3, -0.25) is 14.9 Å². The molecule has 0 aliphatic carbocycles. The largest absolute Gasteiger partial charge is 0.338 e. The Bertz CT molecular complexity index is 763. The number of nitrogens with one attached hydrogen (secondary N) is 3. The first-order chi connectivity index (χ1) is 12.5. The Balaban J connectivity index is 2.17. The molecule has 0 spiro atoms. The molecule has 0 fully saturated rings. The second kappa shape index (κ2) is 9.62. The minimum Gasteiger partial charge on any atom is -0.338 e. The van der Waals surface area contributed by atoms with Gasteiger partial charge >= 0.3 is 6.03 Å². The third-order valence-electron chi connectivity index (χ3n) is 3.34. The van der Waals surface area contributed by atoms with E-state index in [1.165, 1.54) is 18.7 Å². The predicted octanol–water partition coefficient (Wildman–Crippen LogP) is 3.32. The highest BCUT2D eigenvalue weighted by Crippen LogP contribution is 2.35. The Kier molecular flexibility index (Phi) is 7.23. The van der Waals surface area contributed by atoms with E-state index in [2.05, 4.69) is 16.0 Å². The number of carbonyl (C=O) groups is 3. The van der Waals surface area contributed by atoms with Crippen molar-refractivity contribution >= 4 is 35.3 Å². The summed E-state index contributed by atoms with van der Waals surface area (Å²) in [7, 11) is 0. The summed E-state index contributed by atoms with van der Waals surface area (Å²) in [5.41, 5.74) is 1.48. The zero-order valence-corrected chi connectivity index (χ0v) is 15.4. The van der Waals surface area contributed by atoms with E-state index in [1.807, 2.05) is 42.5 Å². The standard InChI is InChI=1S/C19H21N3O3S/c1-3-20-19(25)22-18(24)17(14-7-5-4-6-8-14)26-16-11-9-15(10-12-16)21-13(2)23/h4-12,17H,3H2,1-2H3,(H,21,23)(H2,20,22,24,25)/t17-/m1/s1. The maximum absolute atomic E-state index is 12.6. The lowest BCUT2D eigenvalue weighted by Gasteiger charge is -2.17. The molecule has 2 aromatic carbocycles. The molecule has 4 amide bonds. The van der Waals surface area contributed by atoms with Crippen molar-refractivity contribution in [3.05, 3.63) is 60.2 Å². The molecule has 0 aromatic heterocycles. The third kappa shape index (κ3) is 5.93. The van der Waals surface area contributed by atoms with E-state index in [9.17, 15) is 14.4 Å². The van der Waals surface area contributed by atoms with Gasteiger partial charge < -0.3 is 10.6 Å². The van der Waals surface area contributed by atoms with Crippen LogP contribution in [0.2, 0.25) is 0 Å². The number of anilines is 1. The van der Waals surface area contributed by atoms with Crippen LogP contribution in [0.4, 0.5) is 10.5 Å². The van der Waals surface area contributed by atoms with Crippen LogP contribution in [-0.4, -0.2) is 24.4 Å². The summed E-state index contributed by atoms with van der Waals surface area (Å²) < 4.78 is 0. The van der Waals surface area contributed by atoms with Gasteiger partial charge in [0.15, 0.2) is 0 Å². The van der Waals surface area contributed by atoms with Crippen molar-refractivity contribution in [2.45, 2.75) is 24.0 Å². The number of hydrogen-bond acceptors (Lipinski definition) is 4. The number of thioether (sulfide) groups is 1. The van der Waals surface area contributed by atoms with E-state index >= 15 is 0 Å². The molecule has 0 saturated heterocycles. The van der Waals surface area contributed by atoms with Crippen molar-refractivity contribution in [2.75, 3.05) is 11.9 Å². The molecule has 0 aliphatic heterocycles. The topological polar surface area (TPSA) is 87.3 Å². The van der Waals surface area contributed by atoms with Crippen LogP contribution in [0.3, 0.4) is 0 Å². The average molecular weight is 371 g/mol. The second-order valence-electron chi connectivity index (χ2n) is 5.46. The Labute approximate surface area is 156 Å². The molecule has 0 aliphatic rings. The third-order valence-corrected chi connectivity index (χ3v) is 4.61. The van der Waals surface area contributed by atoms with Crippen LogP contribution in [0.1, 0.15) is 24.7 Å². The molecule has 2 rings (SSSR count). The summed E-state index contributed by atoms with van der Waals surface area (Å²) in [4.78, 5) is 36.2. The molecule has 6 nitrogen and oxygen atoms in total. The van der Waals surface area contributed by atoms with Gasteiger partial charge in [-0.1, -0.05) is 30.3 Å². The molecule has 2 aromatic rings. The van der Waals surface area contributed by atoms with Gasteiger partial charge in [-0.05, 0) is 36.8 Å². The van der Waals surface area contributed by atoms with Crippen LogP contribution >= 0.6 is 11.8 Å². The van der Waals surface area contributed by atoms with Crippen molar-refractivity contribution in [2.24, 2.45) is 0 Å². The molecule has 26 heavy (non-hydrogen) atoms.